The van der Waals surface area contributed by atoms with Crippen LogP contribution in [0.15, 0.2) is 79.1 Å². The van der Waals surface area contributed by atoms with E-state index >= 15 is 0 Å². The third kappa shape index (κ3) is 5.72. The number of aromatic nitrogens is 3. The van der Waals surface area contributed by atoms with Crippen LogP contribution in [0.2, 0.25) is 0 Å². The maximum atomic E-state index is 11.2. The zero-order valence-electron chi connectivity index (χ0n) is 20.7. The van der Waals surface area contributed by atoms with Crippen molar-refractivity contribution in [2.24, 2.45) is 7.05 Å². The van der Waals surface area contributed by atoms with Gasteiger partial charge in [0.25, 0.3) is 0 Å². The van der Waals surface area contributed by atoms with Gasteiger partial charge in [-0.25, -0.2) is 9.97 Å². The molecule has 4 aromatic rings. The quantitative estimate of drug-likeness (QED) is 0.405. The Labute approximate surface area is 211 Å². The number of aryl methyl sites for hydroxylation is 1. The summed E-state index contributed by atoms with van der Waals surface area (Å²) in [5, 5.41) is 6.09. The van der Waals surface area contributed by atoms with Gasteiger partial charge in [0.15, 0.2) is 0 Å². The largest absolute Gasteiger partial charge is 0.369 e. The second kappa shape index (κ2) is 10.6. The summed E-state index contributed by atoms with van der Waals surface area (Å²) in [5.41, 5.74) is 6.05. The number of nitrogens with zero attached hydrogens (tertiary/aromatic N) is 5. The minimum absolute atomic E-state index is 0.0902. The second-order valence-corrected chi connectivity index (χ2v) is 9.07. The Kier molecular flexibility index (Phi) is 6.95. The summed E-state index contributed by atoms with van der Waals surface area (Å²) in [6.45, 7) is 6.63. The first-order valence-electron chi connectivity index (χ1n) is 12.2. The zero-order chi connectivity index (χ0) is 24.9. The molecule has 0 saturated carbocycles. The molecule has 3 heterocycles. The molecule has 0 unspecified atom stereocenters. The van der Waals surface area contributed by atoms with Gasteiger partial charge in [0.05, 0.1) is 5.69 Å². The van der Waals surface area contributed by atoms with E-state index in [0.29, 0.717) is 5.95 Å². The van der Waals surface area contributed by atoms with E-state index in [1.165, 1.54) is 18.3 Å². The molecular weight excluding hydrogens is 450 g/mol. The molecule has 0 bridgehead atoms. The zero-order valence-corrected chi connectivity index (χ0v) is 20.7. The fourth-order valence-electron chi connectivity index (χ4n) is 4.45. The van der Waals surface area contributed by atoms with E-state index in [4.69, 9.17) is 0 Å². The fraction of sp³-hybridized carbons (Fsp3) is 0.250. The van der Waals surface area contributed by atoms with Crippen LogP contribution in [0.1, 0.15) is 12.6 Å². The summed E-state index contributed by atoms with van der Waals surface area (Å²) in [5.74, 6) is 0.452. The fourth-order valence-corrected chi connectivity index (χ4v) is 4.45. The SMILES string of the molecule is CC(=O)Nc1ccc(-c2ccnc(Nc3ccc(N4CCN(Cc5cccn5C)CC4)cc3)n2)cc1. The molecule has 1 fully saturated rings. The Morgan fingerprint density at radius 1 is 0.917 bits per heavy atom. The summed E-state index contributed by atoms with van der Waals surface area (Å²) < 4.78 is 2.20. The van der Waals surface area contributed by atoms with Crippen molar-refractivity contribution in [2.45, 2.75) is 13.5 Å². The van der Waals surface area contributed by atoms with Gasteiger partial charge in [0, 0.05) is 87.4 Å². The number of carbonyl (C=O) groups excluding carboxylic acids is 1. The molecule has 0 radical (unpaired) electrons. The number of carbonyl (C=O) groups is 1. The van der Waals surface area contributed by atoms with Gasteiger partial charge >= 0.3 is 0 Å². The summed E-state index contributed by atoms with van der Waals surface area (Å²) >= 11 is 0. The third-order valence-electron chi connectivity index (χ3n) is 6.45. The van der Waals surface area contributed by atoms with Crippen molar-refractivity contribution in [1.29, 1.82) is 0 Å². The highest BCUT2D eigenvalue weighted by molar-refractivity contribution is 5.88. The predicted molar refractivity (Wildman–Crippen MR) is 144 cm³/mol. The number of amides is 1. The van der Waals surface area contributed by atoms with Gasteiger partial charge in [0.2, 0.25) is 11.9 Å². The summed E-state index contributed by atoms with van der Waals surface area (Å²) in [6.07, 6.45) is 3.85. The number of anilines is 4. The highest BCUT2D eigenvalue weighted by Crippen LogP contribution is 2.24. The van der Waals surface area contributed by atoms with Crippen LogP contribution < -0.4 is 15.5 Å². The van der Waals surface area contributed by atoms with Gasteiger partial charge in [0.1, 0.15) is 0 Å². The first-order valence-corrected chi connectivity index (χ1v) is 12.2. The van der Waals surface area contributed by atoms with E-state index < -0.39 is 0 Å². The first-order chi connectivity index (χ1) is 17.5. The van der Waals surface area contributed by atoms with Crippen molar-refractivity contribution < 1.29 is 4.79 Å². The monoisotopic (exact) mass is 481 g/mol. The summed E-state index contributed by atoms with van der Waals surface area (Å²) in [4.78, 5) is 25.2. The third-order valence-corrected chi connectivity index (χ3v) is 6.45. The molecule has 5 rings (SSSR count). The molecule has 0 atom stereocenters. The number of hydrogen-bond acceptors (Lipinski definition) is 6. The average molecular weight is 482 g/mol. The Hall–Kier alpha value is -4.17. The van der Waals surface area contributed by atoms with E-state index in [-0.39, 0.29) is 5.91 Å². The van der Waals surface area contributed by atoms with Crippen molar-refractivity contribution in [3.63, 3.8) is 0 Å². The molecule has 1 amide bonds. The lowest BCUT2D eigenvalue weighted by atomic mass is 10.1. The van der Waals surface area contributed by atoms with Crippen LogP contribution in [0.4, 0.5) is 23.0 Å². The highest BCUT2D eigenvalue weighted by Gasteiger charge is 2.18. The first kappa shape index (κ1) is 23.6. The van der Waals surface area contributed by atoms with Crippen molar-refractivity contribution in [3.8, 4) is 11.3 Å². The Bertz CT molecular complexity index is 1310. The van der Waals surface area contributed by atoms with E-state index in [9.17, 15) is 4.79 Å². The highest BCUT2D eigenvalue weighted by atomic mass is 16.1. The minimum Gasteiger partial charge on any atom is -0.369 e. The smallest absolute Gasteiger partial charge is 0.227 e. The number of benzene rings is 2. The minimum atomic E-state index is -0.0902. The predicted octanol–water partition coefficient (Wildman–Crippen LogP) is 4.51. The summed E-state index contributed by atoms with van der Waals surface area (Å²) in [6, 6.07) is 22.2. The van der Waals surface area contributed by atoms with Gasteiger partial charge < -0.3 is 20.1 Å². The van der Waals surface area contributed by atoms with Gasteiger partial charge in [-0.1, -0.05) is 12.1 Å². The Morgan fingerprint density at radius 3 is 2.31 bits per heavy atom. The maximum Gasteiger partial charge on any atom is 0.227 e. The molecule has 2 N–H and O–H groups in total. The van der Waals surface area contributed by atoms with Crippen LogP contribution in [-0.4, -0.2) is 51.5 Å². The number of nitrogens with one attached hydrogen (secondary N) is 2. The van der Waals surface area contributed by atoms with E-state index in [0.717, 1.165) is 55.4 Å². The molecular formula is C28H31N7O. The maximum absolute atomic E-state index is 11.2. The molecule has 0 aliphatic carbocycles. The molecule has 1 aliphatic rings. The summed E-state index contributed by atoms with van der Waals surface area (Å²) in [7, 11) is 2.11. The average Bonchev–Trinajstić information content (AvgIpc) is 3.29. The number of piperazine rings is 1. The molecule has 1 aliphatic heterocycles. The van der Waals surface area contributed by atoms with E-state index in [2.05, 4.69) is 84.6 Å². The van der Waals surface area contributed by atoms with Crippen LogP contribution >= 0.6 is 0 Å². The van der Waals surface area contributed by atoms with Gasteiger partial charge in [-0.15, -0.1) is 0 Å². The van der Waals surface area contributed by atoms with Crippen LogP contribution in [0, 0.1) is 0 Å². The van der Waals surface area contributed by atoms with Crippen LogP contribution in [0.25, 0.3) is 11.3 Å². The van der Waals surface area contributed by atoms with Crippen LogP contribution in [0.5, 0.6) is 0 Å². The standard InChI is InChI=1S/C28H31N7O/c1-21(36)30-23-7-5-22(6-8-23)27-13-14-29-28(32-27)31-24-9-11-25(12-10-24)35-18-16-34(17-19-35)20-26-4-3-15-33(26)2/h3-15H,16-20H2,1-2H3,(H,30,36)(H,29,31,32). The van der Waals surface area contributed by atoms with Crippen molar-refractivity contribution in [1.82, 2.24) is 19.4 Å². The van der Waals surface area contributed by atoms with Crippen molar-refractivity contribution in [2.75, 3.05) is 41.7 Å². The molecule has 2 aromatic heterocycles. The molecule has 8 heteroatoms. The van der Waals surface area contributed by atoms with E-state index in [1.807, 2.05) is 30.3 Å². The number of rotatable bonds is 7. The lowest BCUT2D eigenvalue weighted by Gasteiger charge is -2.36. The van der Waals surface area contributed by atoms with E-state index in [1.54, 1.807) is 6.20 Å². The topological polar surface area (TPSA) is 78.3 Å². The molecule has 1 saturated heterocycles. The molecule has 184 valence electrons. The second-order valence-electron chi connectivity index (χ2n) is 9.07. The normalized spacial score (nSPS) is 14.0. The number of hydrogen-bond donors (Lipinski definition) is 2. The molecule has 0 spiro atoms. The van der Waals surface area contributed by atoms with Gasteiger partial charge in [-0.3, -0.25) is 9.69 Å². The van der Waals surface area contributed by atoms with Gasteiger partial charge in [-0.05, 0) is 54.6 Å². The van der Waals surface area contributed by atoms with Crippen LogP contribution in [-0.2, 0) is 18.4 Å². The van der Waals surface area contributed by atoms with Gasteiger partial charge in [-0.2, -0.15) is 0 Å². The van der Waals surface area contributed by atoms with Crippen molar-refractivity contribution in [3.05, 3.63) is 84.8 Å². The molecule has 2 aromatic carbocycles. The lowest BCUT2D eigenvalue weighted by Crippen LogP contribution is -2.46. The van der Waals surface area contributed by atoms with Crippen molar-refractivity contribution >= 4 is 28.9 Å². The molecule has 36 heavy (non-hydrogen) atoms. The molecule has 8 nitrogen and oxygen atoms in total. The Morgan fingerprint density at radius 2 is 1.64 bits per heavy atom. The lowest BCUT2D eigenvalue weighted by molar-refractivity contribution is -0.114. The van der Waals surface area contributed by atoms with Crippen LogP contribution in [0.3, 0.4) is 0 Å². The Balaban J connectivity index is 1.18.